The third kappa shape index (κ3) is 5.16. The van der Waals surface area contributed by atoms with Gasteiger partial charge in [-0.1, -0.05) is 72.3 Å². The van der Waals surface area contributed by atoms with Crippen molar-refractivity contribution in [1.29, 1.82) is 0 Å². The number of nitrogens with one attached hydrogen (secondary N) is 2. The van der Waals surface area contributed by atoms with Gasteiger partial charge >= 0.3 is 0 Å². The van der Waals surface area contributed by atoms with Gasteiger partial charge in [0.05, 0.1) is 10.8 Å². The molecule has 0 spiro atoms. The third-order valence-electron chi connectivity index (χ3n) is 4.17. The Morgan fingerprint density at radius 3 is 2.03 bits per heavy atom. The first-order chi connectivity index (χ1) is 14.0. The molecular formula is C21H16ClN3O3S. The lowest BCUT2D eigenvalue weighted by molar-refractivity contribution is -0.384. The van der Waals surface area contributed by atoms with Crippen LogP contribution in [0.3, 0.4) is 0 Å². The predicted molar refractivity (Wildman–Crippen MR) is 117 cm³/mol. The van der Waals surface area contributed by atoms with Gasteiger partial charge in [-0.05, 0) is 35.5 Å². The van der Waals surface area contributed by atoms with Gasteiger partial charge in [0.15, 0.2) is 5.11 Å². The van der Waals surface area contributed by atoms with Crippen LogP contribution in [0.1, 0.15) is 17.0 Å². The summed E-state index contributed by atoms with van der Waals surface area (Å²) in [6.45, 7) is 0. The molecule has 3 rings (SSSR count). The molecule has 0 atom stereocenters. The van der Waals surface area contributed by atoms with Crippen molar-refractivity contribution in [2.45, 2.75) is 5.92 Å². The molecule has 8 heteroatoms. The average Bonchev–Trinajstić information content (AvgIpc) is 2.71. The molecule has 2 N–H and O–H groups in total. The molecule has 0 saturated heterocycles. The molecule has 3 aromatic rings. The molecule has 146 valence electrons. The SMILES string of the molecule is O=C(NC(=S)Nc1ccc(Cl)c([N+](=O)[O-])c1)C(c1ccccc1)c1ccccc1. The number of carbonyl (C=O) groups excluding carboxylic acids is 1. The van der Waals surface area contributed by atoms with Crippen LogP contribution in [0.2, 0.25) is 5.02 Å². The Morgan fingerprint density at radius 2 is 1.52 bits per heavy atom. The molecule has 0 aromatic heterocycles. The zero-order chi connectivity index (χ0) is 20.8. The largest absolute Gasteiger partial charge is 0.332 e. The molecule has 0 unspecified atom stereocenters. The number of nitro groups is 1. The smallest absolute Gasteiger partial charge is 0.289 e. The number of hydrogen-bond acceptors (Lipinski definition) is 4. The maximum Gasteiger partial charge on any atom is 0.289 e. The van der Waals surface area contributed by atoms with Crippen molar-refractivity contribution < 1.29 is 9.72 Å². The number of nitro benzene ring substituents is 1. The highest BCUT2D eigenvalue weighted by atomic mass is 35.5. The molecule has 1 amide bonds. The van der Waals surface area contributed by atoms with Gasteiger partial charge in [-0.15, -0.1) is 0 Å². The molecule has 0 heterocycles. The molecule has 0 aliphatic heterocycles. The lowest BCUT2D eigenvalue weighted by atomic mass is 9.90. The summed E-state index contributed by atoms with van der Waals surface area (Å²) in [6, 6.07) is 22.9. The van der Waals surface area contributed by atoms with Crippen molar-refractivity contribution in [2.75, 3.05) is 5.32 Å². The van der Waals surface area contributed by atoms with Crippen molar-refractivity contribution in [3.8, 4) is 0 Å². The standard InChI is InChI=1S/C21H16ClN3O3S/c22-17-12-11-16(13-18(17)25(27)28)23-21(29)24-20(26)19(14-7-3-1-4-8-14)15-9-5-2-6-10-15/h1-13,19H,(H2,23,24,26,29). The number of anilines is 1. The van der Waals surface area contributed by atoms with Gasteiger partial charge in [0.2, 0.25) is 5.91 Å². The van der Waals surface area contributed by atoms with Crippen molar-refractivity contribution in [3.63, 3.8) is 0 Å². The predicted octanol–water partition coefficient (Wildman–Crippen LogP) is 4.89. The van der Waals surface area contributed by atoms with Gasteiger partial charge in [0.25, 0.3) is 5.69 Å². The molecule has 0 aliphatic carbocycles. The van der Waals surface area contributed by atoms with E-state index in [1.54, 1.807) is 6.07 Å². The summed E-state index contributed by atoms with van der Waals surface area (Å²) < 4.78 is 0. The highest BCUT2D eigenvalue weighted by molar-refractivity contribution is 7.80. The van der Waals surface area contributed by atoms with E-state index in [2.05, 4.69) is 10.6 Å². The van der Waals surface area contributed by atoms with Crippen LogP contribution in [0.4, 0.5) is 11.4 Å². The van der Waals surface area contributed by atoms with Crippen molar-refractivity contribution in [2.24, 2.45) is 0 Å². The molecule has 0 radical (unpaired) electrons. The highest BCUT2D eigenvalue weighted by Gasteiger charge is 2.23. The minimum absolute atomic E-state index is 0.0173. The molecule has 0 saturated carbocycles. The number of rotatable bonds is 5. The van der Waals surface area contributed by atoms with Crippen LogP contribution < -0.4 is 10.6 Å². The number of hydrogen-bond donors (Lipinski definition) is 2. The van der Waals surface area contributed by atoms with E-state index >= 15 is 0 Å². The van der Waals surface area contributed by atoms with Gasteiger partial charge in [0, 0.05) is 11.8 Å². The summed E-state index contributed by atoms with van der Waals surface area (Å²) in [5.74, 6) is -0.875. The van der Waals surface area contributed by atoms with E-state index in [0.717, 1.165) is 11.1 Å². The van der Waals surface area contributed by atoms with Crippen LogP contribution in [-0.2, 0) is 4.79 Å². The van der Waals surface area contributed by atoms with E-state index in [4.69, 9.17) is 23.8 Å². The minimum atomic E-state index is -0.587. The fourth-order valence-corrected chi connectivity index (χ4v) is 3.27. The van der Waals surface area contributed by atoms with E-state index in [0.29, 0.717) is 5.69 Å². The second kappa shape index (κ2) is 9.27. The summed E-state index contributed by atoms with van der Waals surface area (Å²) in [7, 11) is 0. The molecule has 3 aromatic carbocycles. The minimum Gasteiger partial charge on any atom is -0.332 e. The molecule has 0 bridgehead atoms. The van der Waals surface area contributed by atoms with Gasteiger partial charge < -0.3 is 10.6 Å². The second-order valence-corrected chi connectivity index (χ2v) is 6.94. The Morgan fingerprint density at radius 1 is 0.966 bits per heavy atom. The van der Waals surface area contributed by atoms with Gasteiger partial charge in [0.1, 0.15) is 5.02 Å². The summed E-state index contributed by atoms with van der Waals surface area (Å²) in [5.41, 5.74) is 1.74. The third-order valence-corrected chi connectivity index (χ3v) is 4.69. The fraction of sp³-hybridized carbons (Fsp3) is 0.0476. The Balaban J connectivity index is 1.79. The number of thiocarbonyl (C=S) groups is 1. The van der Waals surface area contributed by atoms with Crippen LogP contribution in [0, 0.1) is 10.1 Å². The van der Waals surface area contributed by atoms with E-state index in [1.807, 2.05) is 60.7 Å². The van der Waals surface area contributed by atoms with E-state index in [-0.39, 0.29) is 21.7 Å². The Labute approximate surface area is 177 Å². The monoisotopic (exact) mass is 425 g/mol. The number of benzene rings is 3. The fourth-order valence-electron chi connectivity index (χ4n) is 2.86. The van der Waals surface area contributed by atoms with Gasteiger partial charge in [-0.25, -0.2) is 0 Å². The molecule has 6 nitrogen and oxygen atoms in total. The summed E-state index contributed by atoms with van der Waals surface area (Å²) in [6.07, 6.45) is 0. The average molecular weight is 426 g/mol. The molecular weight excluding hydrogens is 410 g/mol. The van der Waals surface area contributed by atoms with Crippen LogP contribution in [-0.4, -0.2) is 15.9 Å². The van der Waals surface area contributed by atoms with Crippen LogP contribution in [0.25, 0.3) is 0 Å². The first-order valence-corrected chi connectivity index (χ1v) is 9.40. The second-order valence-electron chi connectivity index (χ2n) is 6.12. The number of amides is 1. The first-order valence-electron chi connectivity index (χ1n) is 8.61. The van der Waals surface area contributed by atoms with E-state index in [1.165, 1.54) is 12.1 Å². The van der Waals surface area contributed by atoms with Crippen LogP contribution in [0.5, 0.6) is 0 Å². The summed E-state index contributed by atoms with van der Waals surface area (Å²) in [5, 5.41) is 16.5. The topological polar surface area (TPSA) is 84.3 Å². The summed E-state index contributed by atoms with van der Waals surface area (Å²) >= 11 is 11.0. The zero-order valence-electron chi connectivity index (χ0n) is 15.0. The van der Waals surface area contributed by atoms with Crippen LogP contribution >= 0.6 is 23.8 Å². The highest BCUT2D eigenvalue weighted by Crippen LogP contribution is 2.28. The number of halogens is 1. The van der Waals surface area contributed by atoms with Gasteiger partial charge in [-0.2, -0.15) is 0 Å². The maximum atomic E-state index is 13.0. The Bertz CT molecular complexity index is 1010. The zero-order valence-corrected chi connectivity index (χ0v) is 16.6. The Hall–Kier alpha value is -3.29. The lowest BCUT2D eigenvalue weighted by Crippen LogP contribution is -2.37. The summed E-state index contributed by atoms with van der Waals surface area (Å²) in [4.78, 5) is 23.5. The van der Waals surface area contributed by atoms with E-state index in [9.17, 15) is 14.9 Å². The molecule has 29 heavy (non-hydrogen) atoms. The normalized spacial score (nSPS) is 10.4. The number of carbonyl (C=O) groups is 1. The van der Waals surface area contributed by atoms with Crippen LogP contribution in [0.15, 0.2) is 78.9 Å². The molecule has 0 fully saturated rings. The first kappa shape index (κ1) is 20.4. The Kier molecular flexibility index (Phi) is 6.54. The maximum absolute atomic E-state index is 13.0. The van der Waals surface area contributed by atoms with Crippen molar-refractivity contribution >= 4 is 46.2 Å². The molecule has 0 aliphatic rings. The van der Waals surface area contributed by atoms with Crippen molar-refractivity contribution in [3.05, 3.63) is 105 Å². The van der Waals surface area contributed by atoms with Gasteiger partial charge in [-0.3, -0.25) is 14.9 Å². The lowest BCUT2D eigenvalue weighted by Gasteiger charge is -2.18. The van der Waals surface area contributed by atoms with E-state index < -0.39 is 10.8 Å². The quantitative estimate of drug-likeness (QED) is 0.345. The van der Waals surface area contributed by atoms with Crippen molar-refractivity contribution in [1.82, 2.24) is 5.32 Å². The number of nitrogens with zero attached hydrogens (tertiary/aromatic N) is 1.